The number of nitrogens with zero attached hydrogens (tertiary/aromatic N) is 1. The number of hydrogen-bond acceptors (Lipinski definition) is 1. The van der Waals surface area contributed by atoms with Gasteiger partial charge in [-0.1, -0.05) is 50.3 Å². The van der Waals surface area contributed by atoms with E-state index in [2.05, 4.69) is 51.1 Å². The van der Waals surface area contributed by atoms with Gasteiger partial charge in [0.05, 0.1) is 5.71 Å². The Morgan fingerprint density at radius 2 is 1.87 bits per heavy atom. The topological polar surface area (TPSA) is 12.4 Å². The van der Waals surface area contributed by atoms with Crippen molar-refractivity contribution in [2.24, 2.45) is 10.4 Å². The molecule has 1 nitrogen and oxygen atoms in total. The molecule has 0 aliphatic carbocycles. The van der Waals surface area contributed by atoms with Gasteiger partial charge in [-0.25, -0.2) is 0 Å². The maximum absolute atomic E-state index is 4.71. The van der Waals surface area contributed by atoms with Crippen molar-refractivity contribution in [2.45, 2.75) is 27.2 Å². The molecule has 78 valence electrons. The van der Waals surface area contributed by atoms with Gasteiger partial charge in [-0.05, 0) is 12.5 Å². The Morgan fingerprint density at radius 1 is 1.20 bits per heavy atom. The number of aliphatic imine (C=N–C) groups is 1. The lowest BCUT2D eigenvalue weighted by Gasteiger charge is -2.19. The second-order valence-electron chi connectivity index (χ2n) is 4.67. The van der Waals surface area contributed by atoms with E-state index in [4.69, 9.17) is 4.99 Å². The molecule has 1 aliphatic rings. The van der Waals surface area contributed by atoms with Crippen LogP contribution in [-0.2, 0) is 0 Å². The van der Waals surface area contributed by atoms with Crippen molar-refractivity contribution in [3.05, 3.63) is 47.7 Å². The summed E-state index contributed by atoms with van der Waals surface area (Å²) >= 11 is 0. The van der Waals surface area contributed by atoms with Crippen molar-refractivity contribution in [3.63, 3.8) is 0 Å². The third-order valence-corrected chi connectivity index (χ3v) is 2.90. The van der Waals surface area contributed by atoms with Crippen LogP contribution in [0.1, 0.15) is 32.8 Å². The van der Waals surface area contributed by atoms with E-state index in [1.807, 2.05) is 6.07 Å². The van der Waals surface area contributed by atoms with Crippen LogP contribution in [0, 0.1) is 5.41 Å². The molecule has 0 bridgehead atoms. The van der Waals surface area contributed by atoms with Gasteiger partial charge in [-0.2, -0.15) is 0 Å². The van der Waals surface area contributed by atoms with Crippen LogP contribution in [-0.4, -0.2) is 5.71 Å². The summed E-state index contributed by atoms with van der Waals surface area (Å²) in [5.74, 6) is 0. The lowest BCUT2D eigenvalue weighted by molar-refractivity contribution is 0.542. The van der Waals surface area contributed by atoms with Gasteiger partial charge in [0.2, 0.25) is 0 Å². The monoisotopic (exact) mass is 199 g/mol. The first-order valence-electron chi connectivity index (χ1n) is 5.43. The Labute approximate surface area is 91.6 Å². The second kappa shape index (κ2) is 3.65. The van der Waals surface area contributed by atoms with Crippen LogP contribution in [0.3, 0.4) is 0 Å². The van der Waals surface area contributed by atoms with Crippen LogP contribution in [0.4, 0.5) is 0 Å². The number of benzene rings is 1. The predicted octanol–water partition coefficient (Wildman–Crippen LogP) is 3.81. The fraction of sp³-hybridized carbons (Fsp3) is 0.357. The third kappa shape index (κ3) is 1.87. The zero-order valence-electron chi connectivity index (χ0n) is 9.62. The molecule has 0 radical (unpaired) electrons. The van der Waals surface area contributed by atoms with E-state index < -0.39 is 0 Å². The fourth-order valence-corrected chi connectivity index (χ4v) is 2.09. The van der Waals surface area contributed by atoms with E-state index in [0.717, 1.165) is 6.42 Å². The minimum atomic E-state index is 0.170. The molecule has 0 unspecified atom stereocenters. The van der Waals surface area contributed by atoms with Crippen LogP contribution in [0.15, 0.2) is 47.1 Å². The highest BCUT2D eigenvalue weighted by atomic mass is 14.8. The first-order valence-corrected chi connectivity index (χ1v) is 5.43. The van der Waals surface area contributed by atoms with Crippen molar-refractivity contribution < 1.29 is 0 Å². The minimum Gasteiger partial charge on any atom is -0.257 e. The van der Waals surface area contributed by atoms with Gasteiger partial charge in [0, 0.05) is 17.5 Å². The maximum Gasteiger partial charge on any atom is 0.0539 e. The lowest BCUT2D eigenvalue weighted by Crippen LogP contribution is -2.20. The molecule has 0 aromatic heterocycles. The molecule has 1 aliphatic heterocycles. The molecule has 0 fully saturated rings. The lowest BCUT2D eigenvalue weighted by atomic mass is 9.82. The van der Waals surface area contributed by atoms with Crippen molar-refractivity contribution in [1.82, 2.24) is 0 Å². The highest BCUT2D eigenvalue weighted by molar-refractivity contribution is 6.06. The van der Waals surface area contributed by atoms with Gasteiger partial charge in [0.25, 0.3) is 0 Å². The quantitative estimate of drug-likeness (QED) is 0.652. The first-order chi connectivity index (χ1) is 7.13. The molecular formula is C14H17N. The van der Waals surface area contributed by atoms with Crippen LogP contribution < -0.4 is 0 Å². The van der Waals surface area contributed by atoms with Crippen LogP contribution in [0.25, 0.3) is 0 Å². The van der Waals surface area contributed by atoms with Crippen molar-refractivity contribution in [2.75, 3.05) is 0 Å². The summed E-state index contributed by atoms with van der Waals surface area (Å²) in [6.07, 6.45) is 3.16. The molecule has 15 heavy (non-hydrogen) atoms. The summed E-state index contributed by atoms with van der Waals surface area (Å²) in [6.45, 7) is 6.58. The third-order valence-electron chi connectivity index (χ3n) is 2.90. The average molecular weight is 199 g/mol. The highest BCUT2D eigenvalue weighted by Gasteiger charge is 2.32. The SMILES string of the molecule is C/C=C1\CC(C)(C)C(c2ccccc2)=N1. The Morgan fingerprint density at radius 3 is 2.40 bits per heavy atom. The van der Waals surface area contributed by atoms with E-state index in [0.29, 0.717) is 0 Å². The molecule has 2 rings (SSSR count). The van der Waals surface area contributed by atoms with Gasteiger partial charge in [-0.3, -0.25) is 4.99 Å². The zero-order chi connectivity index (χ0) is 10.9. The fourth-order valence-electron chi connectivity index (χ4n) is 2.09. The van der Waals surface area contributed by atoms with E-state index in [1.54, 1.807) is 0 Å². The molecule has 0 N–H and O–H groups in total. The highest BCUT2D eigenvalue weighted by Crippen LogP contribution is 2.37. The first kappa shape index (κ1) is 10.2. The number of hydrogen-bond donors (Lipinski definition) is 0. The molecule has 0 amide bonds. The summed E-state index contributed by atoms with van der Waals surface area (Å²) in [4.78, 5) is 4.71. The molecule has 0 saturated carbocycles. The van der Waals surface area contributed by atoms with Gasteiger partial charge >= 0.3 is 0 Å². The molecular weight excluding hydrogens is 182 g/mol. The van der Waals surface area contributed by atoms with Crippen molar-refractivity contribution in [3.8, 4) is 0 Å². The summed E-state index contributed by atoms with van der Waals surface area (Å²) in [5, 5.41) is 0. The smallest absolute Gasteiger partial charge is 0.0539 e. The molecule has 1 heterocycles. The number of allylic oxidation sites excluding steroid dienone is 2. The van der Waals surface area contributed by atoms with Gasteiger partial charge in [0.1, 0.15) is 0 Å². The molecule has 1 heteroatoms. The Hall–Kier alpha value is -1.37. The Balaban J connectivity index is 2.45. The summed E-state index contributed by atoms with van der Waals surface area (Å²) in [5.41, 5.74) is 3.85. The Bertz CT molecular complexity index is 410. The van der Waals surface area contributed by atoms with Crippen LogP contribution >= 0.6 is 0 Å². The van der Waals surface area contributed by atoms with E-state index in [9.17, 15) is 0 Å². The van der Waals surface area contributed by atoms with Gasteiger partial charge in [0.15, 0.2) is 0 Å². The van der Waals surface area contributed by atoms with Gasteiger partial charge < -0.3 is 0 Å². The molecule has 1 aromatic carbocycles. The maximum atomic E-state index is 4.71. The Kier molecular flexibility index (Phi) is 2.47. The summed E-state index contributed by atoms with van der Waals surface area (Å²) in [6, 6.07) is 10.5. The molecule has 0 atom stereocenters. The second-order valence-corrected chi connectivity index (χ2v) is 4.67. The normalized spacial score (nSPS) is 21.8. The average Bonchev–Trinajstić information content (AvgIpc) is 2.55. The molecule has 0 spiro atoms. The molecule has 1 aromatic rings. The minimum absolute atomic E-state index is 0.170. The van der Waals surface area contributed by atoms with E-state index in [-0.39, 0.29) is 5.41 Å². The summed E-state index contributed by atoms with van der Waals surface area (Å²) in [7, 11) is 0. The van der Waals surface area contributed by atoms with E-state index in [1.165, 1.54) is 17.0 Å². The zero-order valence-corrected chi connectivity index (χ0v) is 9.62. The predicted molar refractivity (Wildman–Crippen MR) is 65.1 cm³/mol. The van der Waals surface area contributed by atoms with Crippen LogP contribution in [0.5, 0.6) is 0 Å². The van der Waals surface area contributed by atoms with Crippen molar-refractivity contribution >= 4 is 5.71 Å². The van der Waals surface area contributed by atoms with E-state index >= 15 is 0 Å². The standard InChI is InChI=1S/C14H17N/c1-4-12-10-14(2,3)13(15-12)11-8-6-5-7-9-11/h4-9H,10H2,1-3H3/b12-4+. The van der Waals surface area contributed by atoms with Crippen molar-refractivity contribution in [1.29, 1.82) is 0 Å². The summed E-state index contributed by atoms with van der Waals surface area (Å²) < 4.78 is 0. The largest absolute Gasteiger partial charge is 0.257 e. The molecule has 0 saturated heterocycles. The number of rotatable bonds is 1. The van der Waals surface area contributed by atoms with Crippen LogP contribution in [0.2, 0.25) is 0 Å². The van der Waals surface area contributed by atoms with Gasteiger partial charge in [-0.15, -0.1) is 0 Å².